The van der Waals surface area contributed by atoms with Gasteiger partial charge in [0.05, 0.1) is 10.6 Å². The Morgan fingerprint density at radius 2 is 1.89 bits per heavy atom. The SMILES string of the molecule is Cc1cc(C)c(-c2csc(NC(=O)C=Cc3cccc([N+](=O)[O-])c3)n2)cc1C. The molecule has 0 radical (unpaired) electrons. The van der Waals surface area contributed by atoms with E-state index >= 15 is 0 Å². The molecule has 142 valence electrons. The molecule has 0 spiro atoms. The van der Waals surface area contributed by atoms with Crippen molar-refractivity contribution in [3.63, 3.8) is 0 Å². The third kappa shape index (κ3) is 4.50. The molecule has 0 bridgehead atoms. The van der Waals surface area contributed by atoms with Crippen molar-refractivity contribution in [2.45, 2.75) is 20.8 Å². The molecule has 2 aromatic carbocycles. The maximum atomic E-state index is 12.2. The van der Waals surface area contributed by atoms with Crippen LogP contribution >= 0.6 is 11.3 Å². The lowest BCUT2D eigenvalue weighted by Gasteiger charge is -2.07. The van der Waals surface area contributed by atoms with Crippen molar-refractivity contribution >= 4 is 34.1 Å². The number of non-ortho nitro benzene ring substituents is 1. The highest BCUT2D eigenvalue weighted by Gasteiger charge is 2.10. The largest absolute Gasteiger partial charge is 0.298 e. The van der Waals surface area contributed by atoms with Crippen LogP contribution in [0.15, 0.2) is 47.9 Å². The molecule has 0 unspecified atom stereocenters. The summed E-state index contributed by atoms with van der Waals surface area (Å²) in [6, 6.07) is 10.3. The Hall–Kier alpha value is -3.32. The maximum absolute atomic E-state index is 12.2. The number of rotatable bonds is 5. The third-order valence-electron chi connectivity index (χ3n) is 4.36. The zero-order valence-corrected chi connectivity index (χ0v) is 16.5. The Morgan fingerprint density at radius 1 is 1.14 bits per heavy atom. The lowest BCUT2D eigenvalue weighted by Crippen LogP contribution is -2.07. The Labute approximate surface area is 166 Å². The Kier molecular flexibility index (Phi) is 5.65. The van der Waals surface area contributed by atoms with Crippen molar-refractivity contribution in [3.05, 3.63) is 80.2 Å². The third-order valence-corrected chi connectivity index (χ3v) is 5.12. The first-order valence-corrected chi connectivity index (χ1v) is 9.48. The molecule has 3 aromatic rings. The van der Waals surface area contributed by atoms with Crippen LogP contribution in [-0.4, -0.2) is 15.8 Å². The summed E-state index contributed by atoms with van der Waals surface area (Å²) >= 11 is 1.35. The van der Waals surface area contributed by atoms with E-state index in [-0.39, 0.29) is 11.6 Å². The molecule has 3 rings (SSSR count). The van der Waals surface area contributed by atoms with Crippen LogP contribution in [0.4, 0.5) is 10.8 Å². The number of hydrogen-bond acceptors (Lipinski definition) is 5. The number of nitrogens with zero attached hydrogens (tertiary/aromatic N) is 2. The second-order valence-electron chi connectivity index (χ2n) is 6.46. The minimum Gasteiger partial charge on any atom is -0.298 e. The molecule has 1 heterocycles. The van der Waals surface area contributed by atoms with Crippen molar-refractivity contribution in [1.82, 2.24) is 4.98 Å². The van der Waals surface area contributed by atoms with Crippen LogP contribution in [0.5, 0.6) is 0 Å². The molecule has 28 heavy (non-hydrogen) atoms. The summed E-state index contributed by atoms with van der Waals surface area (Å²) in [5, 5.41) is 16.0. The average Bonchev–Trinajstić information content (AvgIpc) is 3.11. The number of aryl methyl sites for hydroxylation is 3. The number of carbonyl (C=O) groups excluding carboxylic acids is 1. The number of anilines is 1. The Morgan fingerprint density at radius 3 is 2.64 bits per heavy atom. The fourth-order valence-corrected chi connectivity index (χ4v) is 3.47. The highest BCUT2D eigenvalue weighted by molar-refractivity contribution is 7.14. The molecule has 7 heteroatoms. The van der Waals surface area contributed by atoms with Crippen molar-refractivity contribution in [2.75, 3.05) is 5.32 Å². The second kappa shape index (κ2) is 8.14. The van der Waals surface area contributed by atoms with Crippen molar-refractivity contribution < 1.29 is 9.72 Å². The van der Waals surface area contributed by atoms with Crippen molar-refractivity contribution in [3.8, 4) is 11.3 Å². The molecule has 0 fully saturated rings. The van der Waals surface area contributed by atoms with Crippen LogP contribution in [0, 0.1) is 30.9 Å². The topological polar surface area (TPSA) is 85.1 Å². The normalized spacial score (nSPS) is 11.0. The highest BCUT2D eigenvalue weighted by Crippen LogP contribution is 2.29. The molecule has 6 nitrogen and oxygen atoms in total. The summed E-state index contributed by atoms with van der Waals surface area (Å²) in [6.45, 7) is 6.18. The van der Waals surface area contributed by atoms with Gasteiger partial charge in [-0.25, -0.2) is 4.98 Å². The van der Waals surface area contributed by atoms with E-state index in [1.807, 2.05) is 12.3 Å². The van der Waals surface area contributed by atoms with Crippen molar-refractivity contribution in [2.24, 2.45) is 0 Å². The van der Waals surface area contributed by atoms with E-state index in [1.165, 1.54) is 46.7 Å². The lowest BCUT2D eigenvalue weighted by molar-refractivity contribution is -0.384. The molecular weight excluding hydrogens is 374 g/mol. The quantitative estimate of drug-likeness (QED) is 0.362. The number of carbonyl (C=O) groups is 1. The number of amides is 1. The zero-order chi connectivity index (χ0) is 20.3. The van der Waals surface area contributed by atoms with E-state index in [9.17, 15) is 14.9 Å². The van der Waals surface area contributed by atoms with Crippen molar-refractivity contribution in [1.29, 1.82) is 0 Å². The monoisotopic (exact) mass is 393 g/mol. The highest BCUT2D eigenvalue weighted by atomic mass is 32.1. The van der Waals surface area contributed by atoms with Gasteiger partial charge in [0.25, 0.3) is 5.69 Å². The fraction of sp³-hybridized carbons (Fsp3) is 0.143. The number of nitro benzene ring substituents is 1. The van der Waals surface area contributed by atoms with Gasteiger partial charge in [-0.3, -0.25) is 20.2 Å². The number of hydrogen-bond donors (Lipinski definition) is 1. The lowest BCUT2D eigenvalue weighted by atomic mass is 9.99. The second-order valence-corrected chi connectivity index (χ2v) is 7.32. The summed E-state index contributed by atoms with van der Waals surface area (Å²) in [7, 11) is 0. The van der Waals surface area contributed by atoms with Crippen LogP contribution < -0.4 is 5.32 Å². The molecule has 0 saturated carbocycles. The van der Waals surface area contributed by atoms with Gasteiger partial charge < -0.3 is 0 Å². The summed E-state index contributed by atoms with van der Waals surface area (Å²) in [6.07, 6.45) is 2.87. The van der Waals surface area contributed by atoms with Crippen LogP contribution in [0.3, 0.4) is 0 Å². The molecule has 0 atom stereocenters. The predicted molar refractivity (Wildman–Crippen MR) is 113 cm³/mol. The molecule has 1 aromatic heterocycles. The van der Waals surface area contributed by atoms with Gasteiger partial charge in [0.1, 0.15) is 0 Å². The van der Waals surface area contributed by atoms with Gasteiger partial charge in [-0.1, -0.05) is 18.2 Å². The predicted octanol–water partition coefficient (Wildman–Crippen LogP) is 5.30. The van der Waals surface area contributed by atoms with E-state index in [0.29, 0.717) is 10.7 Å². The number of aromatic nitrogens is 1. The van der Waals surface area contributed by atoms with E-state index in [4.69, 9.17) is 0 Å². The van der Waals surface area contributed by atoms with Gasteiger partial charge in [0.15, 0.2) is 5.13 Å². The standard InChI is InChI=1S/C21H19N3O3S/c1-13-9-15(3)18(10-14(13)2)19-12-28-21(22-19)23-20(25)8-7-16-5-4-6-17(11-16)24(26)27/h4-12H,1-3H3,(H,22,23,25). The van der Waals surface area contributed by atoms with E-state index in [2.05, 4.69) is 36.3 Å². The summed E-state index contributed by atoms with van der Waals surface area (Å²) in [5.74, 6) is -0.343. The van der Waals surface area contributed by atoms with Gasteiger partial charge in [-0.15, -0.1) is 11.3 Å². The minimum absolute atomic E-state index is 0.0177. The Bertz CT molecular complexity index is 1090. The molecule has 0 saturated heterocycles. The Balaban J connectivity index is 1.71. The number of nitro groups is 1. The van der Waals surface area contributed by atoms with Crippen LogP contribution in [0.25, 0.3) is 17.3 Å². The van der Waals surface area contributed by atoms with Gasteiger partial charge in [-0.2, -0.15) is 0 Å². The molecule has 1 amide bonds. The van der Waals surface area contributed by atoms with E-state index < -0.39 is 4.92 Å². The zero-order valence-electron chi connectivity index (χ0n) is 15.7. The molecule has 1 N–H and O–H groups in total. The van der Waals surface area contributed by atoms with Gasteiger partial charge in [0, 0.05) is 29.2 Å². The van der Waals surface area contributed by atoms with Crippen LogP contribution in [-0.2, 0) is 4.79 Å². The van der Waals surface area contributed by atoms with Crippen LogP contribution in [0.2, 0.25) is 0 Å². The minimum atomic E-state index is -0.469. The fourth-order valence-electron chi connectivity index (χ4n) is 2.75. The van der Waals surface area contributed by atoms with Gasteiger partial charge >= 0.3 is 0 Å². The average molecular weight is 393 g/mol. The maximum Gasteiger partial charge on any atom is 0.270 e. The van der Waals surface area contributed by atoms with E-state index in [0.717, 1.165) is 16.8 Å². The molecule has 0 aliphatic carbocycles. The van der Waals surface area contributed by atoms with Gasteiger partial charge in [0.2, 0.25) is 5.91 Å². The molecule has 0 aliphatic heterocycles. The summed E-state index contributed by atoms with van der Waals surface area (Å²) < 4.78 is 0. The number of thiazole rings is 1. The van der Waals surface area contributed by atoms with Gasteiger partial charge in [-0.05, 0) is 55.2 Å². The molecule has 0 aliphatic rings. The first-order chi connectivity index (χ1) is 13.3. The first kappa shape index (κ1) is 19.4. The summed E-state index contributed by atoms with van der Waals surface area (Å²) in [4.78, 5) is 27.0. The number of nitrogens with one attached hydrogen (secondary N) is 1. The number of benzene rings is 2. The summed E-state index contributed by atoms with van der Waals surface area (Å²) in [5.41, 5.74) is 5.99. The first-order valence-electron chi connectivity index (χ1n) is 8.61. The van der Waals surface area contributed by atoms with E-state index in [1.54, 1.807) is 12.1 Å². The molecular formula is C21H19N3O3S. The van der Waals surface area contributed by atoms with Crippen LogP contribution in [0.1, 0.15) is 22.3 Å². The smallest absolute Gasteiger partial charge is 0.270 e.